The molecule has 1 aliphatic rings. The van der Waals surface area contributed by atoms with E-state index in [4.69, 9.17) is 9.72 Å². The zero-order valence-corrected chi connectivity index (χ0v) is 12.3. The van der Waals surface area contributed by atoms with E-state index in [9.17, 15) is 0 Å². The van der Waals surface area contributed by atoms with Crippen molar-refractivity contribution in [2.45, 2.75) is 52.0 Å². The molecule has 0 spiro atoms. The van der Waals surface area contributed by atoms with Gasteiger partial charge in [-0.3, -0.25) is 0 Å². The molecule has 4 heteroatoms. The molecular formula is C14H24N2OS. The molecule has 1 unspecified atom stereocenters. The van der Waals surface area contributed by atoms with Crippen molar-refractivity contribution in [1.82, 2.24) is 10.3 Å². The minimum Gasteiger partial charge on any atom is -0.381 e. The highest BCUT2D eigenvalue weighted by molar-refractivity contribution is 7.11. The zero-order valence-electron chi connectivity index (χ0n) is 11.5. The molecule has 0 amide bonds. The number of rotatable bonds is 7. The summed E-state index contributed by atoms with van der Waals surface area (Å²) in [7, 11) is 0. The van der Waals surface area contributed by atoms with Gasteiger partial charge in [0.15, 0.2) is 0 Å². The Morgan fingerprint density at radius 2 is 2.33 bits per heavy atom. The predicted molar refractivity (Wildman–Crippen MR) is 76.3 cm³/mol. The van der Waals surface area contributed by atoms with Crippen molar-refractivity contribution in [3.63, 3.8) is 0 Å². The lowest BCUT2D eigenvalue weighted by molar-refractivity contribution is 0.151. The Morgan fingerprint density at radius 3 is 3.11 bits per heavy atom. The van der Waals surface area contributed by atoms with Crippen LogP contribution < -0.4 is 5.32 Å². The maximum Gasteiger partial charge on any atom is 0.0954 e. The fourth-order valence-corrected chi connectivity index (χ4v) is 3.60. The quantitative estimate of drug-likeness (QED) is 0.772. The third-order valence-corrected chi connectivity index (χ3v) is 4.57. The third-order valence-electron chi connectivity index (χ3n) is 3.30. The van der Waals surface area contributed by atoms with Crippen LogP contribution in [0.3, 0.4) is 0 Å². The van der Waals surface area contributed by atoms with Gasteiger partial charge in [0.1, 0.15) is 0 Å². The first-order valence-electron chi connectivity index (χ1n) is 7.14. The number of nitrogens with one attached hydrogen (secondary N) is 1. The first kappa shape index (κ1) is 14.0. The molecule has 0 bridgehead atoms. The van der Waals surface area contributed by atoms with Crippen LogP contribution in [0.1, 0.15) is 54.7 Å². The van der Waals surface area contributed by atoms with Gasteiger partial charge < -0.3 is 10.1 Å². The van der Waals surface area contributed by atoms with Crippen molar-refractivity contribution >= 4 is 11.3 Å². The number of hydrogen-bond donors (Lipinski definition) is 1. The zero-order chi connectivity index (χ0) is 12.8. The first-order chi connectivity index (χ1) is 8.85. The molecule has 0 aliphatic heterocycles. The highest BCUT2D eigenvalue weighted by Gasteiger charge is 2.23. The van der Waals surface area contributed by atoms with Crippen LogP contribution in [-0.4, -0.2) is 24.7 Å². The summed E-state index contributed by atoms with van der Waals surface area (Å²) in [6.07, 6.45) is 5.85. The highest BCUT2D eigenvalue weighted by atomic mass is 32.1. The number of ether oxygens (including phenoxy) is 1. The van der Waals surface area contributed by atoms with Crippen LogP contribution in [0.15, 0.2) is 0 Å². The van der Waals surface area contributed by atoms with Crippen LogP contribution in [0.5, 0.6) is 0 Å². The summed E-state index contributed by atoms with van der Waals surface area (Å²) in [6.45, 7) is 6.96. The van der Waals surface area contributed by atoms with E-state index in [1.165, 1.54) is 34.8 Å². The Hall–Kier alpha value is -0.450. The minimum atomic E-state index is 0.548. The maximum atomic E-state index is 5.41. The van der Waals surface area contributed by atoms with Crippen LogP contribution in [0, 0.1) is 0 Å². The van der Waals surface area contributed by atoms with E-state index in [1.807, 2.05) is 18.3 Å². The molecular weight excluding hydrogens is 244 g/mol. The van der Waals surface area contributed by atoms with Gasteiger partial charge in [-0.1, -0.05) is 6.92 Å². The fourth-order valence-electron chi connectivity index (χ4n) is 2.39. The number of fused-ring (bicyclic) bond motifs is 1. The molecule has 0 aromatic carbocycles. The van der Waals surface area contributed by atoms with E-state index in [-0.39, 0.29) is 0 Å². The number of hydrogen-bond acceptors (Lipinski definition) is 4. The molecule has 0 saturated carbocycles. The van der Waals surface area contributed by atoms with Crippen molar-refractivity contribution in [3.8, 4) is 0 Å². The van der Waals surface area contributed by atoms with E-state index in [2.05, 4.69) is 12.2 Å². The van der Waals surface area contributed by atoms with Gasteiger partial charge in [0.25, 0.3) is 0 Å². The molecule has 1 heterocycles. The molecule has 0 fully saturated rings. The van der Waals surface area contributed by atoms with E-state index < -0.39 is 0 Å². The van der Waals surface area contributed by atoms with Crippen LogP contribution in [0.4, 0.5) is 0 Å². The summed E-state index contributed by atoms with van der Waals surface area (Å²) < 4.78 is 5.41. The largest absolute Gasteiger partial charge is 0.381 e. The number of thiazole rings is 1. The summed E-state index contributed by atoms with van der Waals surface area (Å²) >= 11 is 1.89. The standard InChI is InChI=1S/C14H24N2OS/c1-3-9-15-11-6-5-7-12-14(11)18-13(16-12)8-10-17-4-2/h11,15H,3-10H2,1-2H3. The lowest BCUT2D eigenvalue weighted by Crippen LogP contribution is -2.24. The second-order valence-electron chi connectivity index (χ2n) is 4.76. The third kappa shape index (κ3) is 3.53. The summed E-state index contributed by atoms with van der Waals surface area (Å²) in [5, 5.41) is 4.90. The van der Waals surface area contributed by atoms with E-state index in [0.29, 0.717) is 6.04 Å². The van der Waals surface area contributed by atoms with Crippen molar-refractivity contribution < 1.29 is 4.74 Å². The van der Waals surface area contributed by atoms with E-state index >= 15 is 0 Å². The minimum absolute atomic E-state index is 0.548. The average Bonchev–Trinajstić information content (AvgIpc) is 2.80. The van der Waals surface area contributed by atoms with Crippen LogP contribution in [0.25, 0.3) is 0 Å². The fraction of sp³-hybridized carbons (Fsp3) is 0.786. The van der Waals surface area contributed by atoms with Crippen LogP contribution >= 0.6 is 11.3 Å². The van der Waals surface area contributed by atoms with Crippen LogP contribution in [0.2, 0.25) is 0 Å². The Balaban J connectivity index is 1.98. The van der Waals surface area contributed by atoms with Gasteiger partial charge in [0, 0.05) is 23.9 Å². The summed E-state index contributed by atoms with van der Waals surface area (Å²) in [6, 6.07) is 0.548. The van der Waals surface area contributed by atoms with Gasteiger partial charge in [0.2, 0.25) is 0 Å². The lowest BCUT2D eigenvalue weighted by atomic mass is 9.98. The Kier molecular flexibility index (Phi) is 5.60. The number of aromatic nitrogens is 1. The topological polar surface area (TPSA) is 34.2 Å². The smallest absolute Gasteiger partial charge is 0.0954 e. The Bertz CT molecular complexity index is 365. The van der Waals surface area contributed by atoms with Gasteiger partial charge in [-0.2, -0.15) is 0 Å². The van der Waals surface area contributed by atoms with Gasteiger partial charge >= 0.3 is 0 Å². The predicted octanol–water partition coefficient (Wildman–Crippen LogP) is 3.10. The van der Waals surface area contributed by atoms with E-state index in [1.54, 1.807) is 0 Å². The monoisotopic (exact) mass is 268 g/mol. The summed E-state index contributed by atoms with van der Waals surface area (Å²) in [4.78, 5) is 6.27. The molecule has 1 atom stereocenters. The molecule has 1 aliphatic carbocycles. The molecule has 2 rings (SSSR count). The first-order valence-corrected chi connectivity index (χ1v) is 7.96. The molecule has 0 radical (unpaired) electrons. The molecule has 102 valence electrons. The van der Waals surface area contributed by atoms with Crippen molar-refractivity contribution in [2.75, 3.05) is 19.8 Å². The van der Waals surface area contributed by atoms with Crippen molar-refractivity contribution in [1.29, 1.82) is 0 Å². The van der Waals surface area contributed by atoms with Gasteiger partial charge in [-0.15, -0.1) is 11.3 Å². The molecule has 1 N–H and O–H groups in total. The van der Waals surface area contributed by atoms with Crippen LogP contribution in [-0.2, 0) is 17.6 Å². The second-order valence-corrected chi connectivity index (χ2v) is 5.88. The van der Waals surface area contributed by atoms with Gasteiger partial charge in [-0.25, -0.2) is 4.98 Å². The number of aryl methyl sites for hydroxylation is 1. The SMILES string of the molecule is CCCNC1CCCc2nc(CCOCC)sc21. The summed E-state index contributed by atoms with van der Waals surface area (Å²) in [5.41, 5.74) is 1.34. The Labute approximate surface area is 114 Å². The lowest BCUT2D eigenvalue weighted by Gasteiger charge is -2.22. The van der Waals surface area contributed by atoms with Gasteiger partial charge in [-0.05, 0) is 39.2 Å². The molecule has 3 nitrogen and oxygen atoms in total. The molecule has 1 aromatic heterocycles. The number of nitrogens with zero attached hydrogens (tertiary/aromatic N) is 1. The van der Waals surface area contributed by atoms with Crippen molar-refractivity contribution in [3.05, 3.63) is 15.6 Å². The average molecular weight is 268 g/mol. The van der Waals surface area contributed by atoms with E-state index in [0.717, 1.165) is 32.6 Å². The normalized spacial score (nSPS) is 18.9. The second kappa shape index (κ2) is 7.22. The molecule has 1 aromatic rings. The Morgan fingerprint density at radius 1 is 1.44 bits per heavy atom. The molecule has 18 heavy (non-hydrogen) atoms. The maximum absolute atomic E-state index is 5.41. The summed E-state index contributed by atoms with van der Waals surface area (Å²) in [5.74, 6) is 0. The van der Waals surface area contributed by atoms with Crippen molar-refractivity contribution in [2.24, 2.45) is 0 Å². The molecule has 0 saturated heterocycles. The van der Waals surface area contributed by atoms with Gasteiger partial charge in [0.05, 0.1) is 17.3 Å². The highest BCUT2D eigenvalue weighted by Crippen LogP contribution is 2.34.